The van der Waals surface area contributed by atoms with E-state index in [1.807, 2.05) is 0 Å². The summed E-state index contributed by atoms with van der Waals surface area (Å²) >= 11 is 5.58. The van der Waals surface area contributed by atoms with Gasteiger partial charge in [-0.15, -0.1) is 0 Å². The number of hydrogen-bond acceptors (Lipinski definition) is 5. The zero-order chi connectivity index (χ0) is 20.2. The van der Waals surface area contributed by atoms with Crippen LogP contribution >= 0.6 is 12.2 Å². The molecular formula is C22H36N6S. The van der Waals surface area contributed by atoms with Crippen LogP contribution in [0.5, 0.6) is 0 Å². The molecular weight excluding hydrogens is 380 g/mol. The van der Waals surface area contributed by atoms with Crippen molar-refractivity contribution in [1.29, 1.82) is 0 Å². The Bertz CT molecular complexity index is 697. The number of nitrogens with one attached hydrogen (secondary N) is 2. The van der Waals surface area contributed by atoms with Crippen molar-refractivity contribution < 1.29 is 0 Å². The fraction of sp³-hybridized carbons (Fsp3) is 0.773. The molecule has 1 aromatic rings. The van der Waals surface area contributed by atoms with E-state index >= 15 is 0 Å². The molecule has 2 N–H and O–H groups in total. The van der Waals surface area contributed by atoms with E-state index in [4.69, 9.17) is 22.2 Å². The van der Waals surface area contributed by atoms with Crippen LogP contribution in [0.25, 0.3) is 0 Å². The maximum Gasteiger partial charge on any atom is 0.232 e. The number of hydrogen-bond donors (Lipinski definition) is 2. The minimum Gasteiger partial charge on any atom is -0.360 e. The highest BCUT2D eigenvalue weighted by molar-refractivity contribution is 7.80. The molecule has 0 amide bonds. The van der Waals surface area contributed by atoms with E-state index in [1.54, 1.807) is 0 Å². The predicted octanol–water partition coefficient (Wildman–Crippen LogP) is 4.32. The lowest BCUT2D eigenvalue weighted by atomic mass is 9.99. The molecule has 1 saturated carbocycles. The molecule has 1 aromatic heterocycles. The SMILES string of the molecule is CC1CCN(c2cc(N3CCCCC3C)nc(NC(=S)NC3CCCC3)n2)CC1. The maximum absolute atomic E-state index is 5.58. The van der Waals surface area contributed by atoms with Crippen LogP contribution in [0.3, 0.4) is 0 Å². The molecule has 160 valence electrons. The van der Waals surface area contributed by atoms with Crippen molar-refractivity contribution in [1.82, 2.24) is 15.3 Å². The molecule has 7 heteroatoms. The fourth-order valence-corrected chi connectivity index (χ4v) is 5.11. The average molecular weight is 417 g/mol. The van der Waals surface area contributed by atoms with Gasteiger partial charge >= 0.3 is 0 Å². The van der Waals surface area contributed by atoms with Crippen LogP contribution in [0.1, 0.15) is 71.6 Å². The zero-order valence-corrected chi connectivity index (χ0v) is 18.8. The molecule has 2 aliphatic heterocycles. The van der Waals surface area contributed by atoms with Gasteiger partial charge in [0.05, 0.1) is 0 Å². The minimum atomic E-state index is 0.489. The molecule has 1 unspecified atom stereocenters. The summed E-state index contributed by atoms with van der Waals surface area (Å²) < 4.78 is 0. The van der Waals surface area contributed by atoms with Crippen LogP contribution in [0.4, 0.5) is 17.6 Å². The Balaban J connectivity index is 1.54. The summed E-state index contributed by atoms with van der Waals surface area (Å²) in [4.78, 5) is 14.6. The normalized spacial score (nSPS) is 24.0. The molecule has 6 nitrogen and oxygen atoms in total. The Morgan fingerprint density at radius 3 is 2.34 bits per heavy atom. The molecule has 4 rings (SSSR count). The van der Waals surface area contributed by atoms with E-state index in [9.17, 15) is 0 Å². The third-order valence-electron chi connectivity index (χ3n) is 6.82. The first-order chi connectivity index (χ1) is 14.1. The van der Waals surface area contributed by atoms with Crippen molar-refractivity contribution in [3.63, 3.8) is 0 Å². The van der Waals surface area contributed by atoms with Crippen molar-refractivity contribution >= 4 is 34.9 Å². The van der Waals surface area contributed by atoms with Gasteiger partial charge < -0.3 is 20.4 Å². The van der Waals surface area contributed by atoms with E-state index in [2.05, 4.69) is 40.3 Å². The number of rotatable bonds is 4. The molecule has 0 bridgehead atoms. The molecule has 2 saturated heterocycles. The van der Waals surface area contributed by atoms with Crippen LogP contribution in [0.15, 0.2) is 6.07 Å². The Hall–Kier alpha value is -1.63. The number of anilines is 3. The summed E-state index contributed by atoms with van der Waals surface area (Å²) in [7, 11) is 0. The van der Waals surface area contributed by atoms with Crippen LogP contribution < -0.4 is 20.4 Å². The van der Waals surface area contributed by atoms with Crippen molar-refractivity contribution in [2.24, 2.45) is 5.92 Å². The van der Waals surface area contributed by atoms with Crippen LogP contribution in [0, 0.1) is 5.92 Å². The predicted molar refractivity (Wildman–Crippen MR) is 125 cm³/mol. The zero-order valence-electron chi connectivity index (χ0n) is 18.0. The van der Waals surface area contributed by atoms with Gasteiger partial charge in [0.25, 0.3) is 0 Å². The van der Waals surface area contributed by atoms with Gasteiger partial charge in [-0.2, -0.15) is 9.97 Å². The monoisotopic (exact) mass is 416 g/mol. The lowest BCUT2D eigenvalue weighted by Crippen LogP contribution is -2.39. The van der Waals surface area contributed by atoms with Crippen molar-refractivity contribution in [3.05, 3.63) is 6.07 Å². The van der Waals surface area contributed by atoms with Gasteiger partial charge in [-0.1, -0.05) is 19.8 Å². The molecule has 3 fully saturated rings. The summed E-state index contributed by atoms with van der Waals surface area (Å²) in [6.45, 7) is 7.86. The largest absolute Gasteiger partial charge is 0.360 e. The van der Waals surface area contributed by atoms with Gasteiger partial charge in [0.15, 0.2) is 5.11 Å². The van der Waals surface area contributed by atoms with Crippen LogP contribution in [-0.2, 0) is 0 Å². The van der Waals surface area contributed by atoms with E-state index < -0.39 is 0 Å². The smallest absolute Gasteiger partial charge is 0.232 e. The number of nitrogens with zero attached hydrogens (tertiary/aromatic N) is 4. The Morgan fingerprint density at radius 2 is 1.62 bits per heavy atom. The molecule has 29 heavy (non-hydrogen) atoms. The second-order valence-corrected chi connectivity index (χ2v) is 9.60. The number of thiocarbonyl (C=S) groups is 1. The molecule has 0 aromatic carbocycles. The summed E-state index contributed by atoms with van der Waals surface area (Å²) in [5, 5.41) is 7.40. The van der Waals surface area contributed by atoms with Crippen molar-refractivity contribution in [2.45, 2.75) is 83.7 Å². The van der Waals surface area contributed by atoms with E-state index in [-0.39, 0.29) is 0 Å². The topological polar surface area (TPSA) is 56.3 Å². The third-order valence-corrected chi connectivity index (χ3v) is 7.04. The first kappa shape index (κ1) is 20.6. The van der Waals surface area contributed by atoms with Crippen LogP contribution in [-0.4, -0.2) is 46.8 Å². The summed E-state index contributed by atoms with van der Waals surface area (Å²) in [6, 6.07) is 3.20. The first-order valence-corrected chi connectivity index (χ1v) is 12.0. The Labute approximate surface area is 180 Å². The second kappa shape index (κ2) is 9.45. The van der Waals surface area contributed by atoms with Gasteiger partial charge in [-0.05, 0) is 70.0 Å². The minimum absolute atomic E-state index is 0.489. The van der Waals surface area contributed by atoms with Gasteiger partial charge in [-0.3, -0.25) is 0 Å². The van der Waals surface area contributed by atoms with Crippen molar-refractivity contribution in [3.8, 4) is 0 Å². The summed E-state index contributed by atoms with van der Waals surface area (Å²) in [6.07, 6.45) is 11.2. The fourth-order valence-electron chi connectivity index (χ4n) is 4.86. The highest BCUT2D eigenvalue weighted by atomic mass is 32.1. The van der Waals surface area contributed by atoms with Crippen LogP contribution in [0.2, 0.25) is 0 Å². The quantitative estimate of drug-likeness (QED) is 0.709. The third kappa shape index (κ3) is 5.30. The highest BCUT2D eigenvalue weighted by Gasteiger charge is 2.24. The molecule has 3 aliphatic rings. The second-order valence-electron chi connectivity index (χ2n) is 9.20. The summed E-state index contributed by atoms with van der Waals surface area (Å²) in [5.74, 6) is 3.50. The van der Waals surface area contributed by atoms with E-state index in [0.29, 0.717) is 23.1 Å². The van der Waals surface area contributed by atoms with Gasteiger partial charge in [0.1, 0.15) is 11.6 Å². The number of piperidine rings is 2. The Kier molecular flexibility index (Phi) is 6.73. The van der Waals surface area contributed by atoms with Gasteiger partial charge in [0.2, 0.25) is 5.95 Å². The lowest BCUT2D eigenvalue weighted by Gasteiger charge is -2.36. The standard InChI is InChI=1S/C22H36N6S/c1-16-10-13-27(14-11-16)19-15-20(28-12-6-5-7-17(28)2)25-21(24-19)26-22(29)23-18-8-3-4-9-18/h15-18H,3-14H2,1-2H3,(H2,23,24,25,26,29). The highest BCUT2D eigenvalue weighted by Crippen LogP contribution is 2.29. The molecule has 0 spiro atoms. The van der Waals surface area contributed by atoms with Crippen molar-refractivity contribution in [2.75, 3.05) is 34.8 Å². The molecule has 3 heterocycles. The van der Waals surface area contributed by atoms with Gasteiger partial charge in [-0.25, -0.2) is 0 Å². The molecule has 0 radical (unpaired) electrons. The maximum atomic E-state index is 5.58. The Morgan fingerprint density at radius 1 is 0.931 bits per heavy atom. The number of aromatic nitrogens is 2. The van der Waals surface area contributed by atoms with E-state index in [1.165, 1.54) is 57.8 Å². The molecule has 1 aliphatic carbocycles. The molecule has 1 atom stereocenters. The lowest BCUT2D eigenvalue weighted by molar-refractivity contribution is 0.436. The summed E-state index contributed by atoms with van der Waals surface area (Å²) in [5.41, 5.74) is 0. The van der Waals surface area contributed by atoms with Gasteiger partial charge in [0, 0.05) is 37.8 Å². The van der Waals surface area contributed by atoms with E-state index in [0.717, 1.165) is 37.2 Å². The first-order valence-electron chi connectivity index (χ1n) is 11.6. The average Bonchev–Trinajstić information content (AvgIpc) is 3.21.